The van der Waals surface area contributed by atoms with Gasteiger partial charge in [0, 0.05) is 19.2 Å². The predicted molar refractivity (Wildman–Crippen MR) is 135 cm³/mol. The van der Waals surface area contributed by atoms with Gasteiger partial charge in [0.05, 0.1) is 25.0 Å². The molecule has 0 radical (unpaired) electrons. The number of likely N-dealkylation sites (tertiary alicyclic amines) is 1. The van der Waals surface area contributed by atoms with Crippen molar-refractivity contribution in [1.82, 2.24) is 10.4 Å². The van der Waals surface area contributed by atoms with E-state index in [1.807, 2.05) is 18.2 Å². The Morgan fingerprint density at radius 2 is 2.03 bits per heavy atom. The average molecular weight is 499 g/mol. The molecule has 1 unspecified atom stereocenters. The number of esters is 1. The number of carbonyl (C=O) groups is 2. The van der Waals surface area contributed by atoms with E-state index in [-0.39, 0.29) is 42.1 Å². The summed E-state index contributed by atoms with van der Waals surface area (Å²) in [5.74, 6) is -1.47. The first-order valence-corrected chi connectivity index (χ1v) is 12.1. The number of hydroxylamine groups is 1. The number of nitrogens with zero attached hydrogens (tertiary/aromatic N) is 1. The predicted octanol–water partition coefficient (Wildman–Crippen LogP) is 3.61. The summed E-state index contributed by atoms with van der Waals surface area (Å²) in [7, 11) is 0. The highest BCUT2D eigenvalue weighted by Gasteiger charge is 2.20. The van der Waals surface area contributed by atoms with Crippen molar-refractivity contribution in [2.75, 3.05) is 32.9 Å². The summed E-state index contributed by atoms with van der Waals surface area (Å²) in [5.41, 5.74) is 3.29. The van der Waals surface area contributed by atoms with Crippen LogP contribution in [0.3, 0.4) is 0 Å². The van der Waals surface area contributed by atoms with Crippen LogP contribution in [0.25, 0.3) is 6.08 Å². The number of nitrogens with one attached hydrogen (secondary N) is 1. The van der Waals surface area contributed by atoms with Gasteiger partial charge in [0.25, 0.3) is 5.91 Å². The van der Waals surface area contributed by atoms with Crippen molar-refractivity contribution >= 4 is 18.0 Å². The highest BCUT2D eigenvalue weighted by Crippen LogP contribution is 2.30. The molecule has 1 aromatic rings. The summed E-state index contributed by atoms with van der Waals surface area (Å²) >= 11 is 0. The van der Waals surface area contributed by atoms with Crippen LogP contribution in [-0.2, 0) is 19.1 Å². The Bertz CT molecular complexity index is 1010. The van der Waals surface area contributed by atoms with Gasteiger partial charge in [0.2, 0.25) is 0 Å². The maximum absolute atomic E-state index is 12.7. The van der Waals surface area contributed by atoms with Crippen molar-refractivity contribution in [2.24, 2.45) is 0 Å². The minimum absolute atomic E-state index is 0.0851. The van der Waals surface area contributed by atoms with Crippen LogP contribution in [0.2, 0.25) is 0 Å². The van der Waals surface area contributed by atoms with Crippen LogP contribution in [0, 0.1) is 0 Å². The van der Waals surface area contributed by atoms with E-state index in [2.05, 4.69) is 12.1 Å². The first kappa shape index (κ1) is 27.0. The fourth-order valence-electron chi connectivity index (χ4n) is 3.93. The molecule has 2 aliphatic heterocycles. The van der Waals surface area contributed by atoms with Gasteiger partial charge in [-0.3, -0.25) is 15.1 Å². The van der Waals surface area contributed by atoms with Gasteiger partial charge in [0.1, 0.15) is 17.1 Å². The molecular formula is C27H34N2O7. The number of allylic oxidation sites excluding steroid dienone is 1. The Morgan fingerprint density at radius 3 is 2.81 bits per heavy atom. The monoisotopic (exact) mass is 498 g/mol. The molecule has 1 atom stereocenters. The molecule has 36 heavy (non-hydrogen) atoms. The highest BCUT2D eigenvalue weighted by molar-refractivity contribution is 5.97. The summed E-state index contributed by atoms with van der Waals surface area (Å²) < 4.78 is 11.1. The topological polar surface area (TPSA) is 118 Å². The molecule has 0 bridgehead atoms. The summed E-state index contributed by atoms with van der Waals surface area (Å²) in [6, 6.07) is 2.42. The van der Waals surface area contributed by atoms with Crippen LogP contribution in [-0.4, -0.2) is 66.0 Å². The van der Waals surface area contributed by atoms with Crippen LogP contribution in [0.5, 0.6) is 11.5 Å². The highest BCUT2D eigenvalue weighted by atomic mass is 16.6. The summed E-state index contributed by atoms with van der Waals surface area (Å²) in [6.45, 7) is 5.44. The van der Waals surface area contributed by atoms with E-state index in [1.165, 1.54) is 12.1 Å². The van der Waals surface area contributed by atoms with E-state index < -0.39 is 11.7 Å². The largest absolute Gasteiger partial charge is 0.508 e. The van der Waals surface area contributed by atoms with Gasteiger partial charge < -0.3 is 24.6 Å². The maximum atomic E-state index is 12.7. The van der Waals surface area contributed by atoms with Gasteiger partial charge in [-0.25, -0.2) is 4.79 Å². The number of rotatable bonds is 7. The number of benzene rings is 1. The third-order valence-corrected chi connectivity index (χ3v) is 5.70. The molecule has 2 aliphatic rings. The van der Waals surface area contributed by atoms with E-state index in [0.717, 1.165) is 38.4 Å². The molecule has 2 heterocycles. The fourth-order valence-corrected chi connectivity index (χ4v) is 3.93. The second-order valence-corrected chi connectivity index (χ2v) is 8.51. The third-order valence-electron chi connectivity index (χ3n) is 5.70. The van der Waals surface area contributed by atoms with Gasteiger partial charge in [-0.1, -0.05) is 24.3 Å². The smallest absolute Gasteiger partial charge is 0.342 e. The maximum Gasteiger partial charge on any atom is 0.342 e. The van der Waals surface area contributed by atoms with Gasteiger partial charge in [-0.2, -0.15) is 0 Å². The molecule has 9 heteroatoms. The lowest BCUT2D eigenvalue weighted by Gasteiger charge is -2.26. The number of phenols is 2. The Balaban J connectivity index is 1.84. The van der Waals surface area contributed by atoms with Crippen LogP contribution in [0.4, 0.5) is 0 Å². The summed E-state index contributed by atoms with van der Waals surface area (Å²) in [6.07, 6.45) is 14.4. The van der Waals surface area contributed by atoms with Crippen molar-refractivity contribution in [1.29, 1.82) is 0 Å². The zero-order valence-electron chi connectivity index (χ0n) is 20.4. The number of fused-ring (bicyclic) bond motifs is 1. The zero-order valence-corrected chi connectivity index (χ0v) is 20.4. The number of aromatic hydroxyl groups is 2. The van der Waals surface area contributed by atoms with Crippen LogP contribution in [0.15, 0.2) is 54.8 Å². The SMILES string of the molecule is C=CCOC1C=CCCOC(=O)c2c(O)cc(O)cc2/C=C(\NOCC(=O)N2CCCCC2)C=CC1. The lowest BCUT2D eigenvalue weighted by molar-refractivity contribution is -0.139. The first-order valence-electron chi connectivity index (χ1n) is 12.1. The standard InChI is InChI=1S/C27H34N2O7/c1-2-14-34-23-10-4-7-15-35-27(33)26-20(17-22(30)18-24(26)31)16-21(9-8-11-23)28-36-19-25(32)29-12-5-3-6-13-29/h2,4,8-10,16-18,23,28,30-31H,1,3,5-7,11-15,19H2/b9-8?,10-4?,21-16-. The molecule has 0 saturated carbocycles. The van der Waals surface area contributed by atoms with Crippen LogP contribution < -0.4 is 5.48 Å². The van der Waals surface area contributed by atoms with E-state index in [4.69, 9.17) is 14.3 Å². The minimum atomic E-state index is -0.729. The minimum Gasteiger partial charge on any atom is -0.508 e. The second kappa shape index (κ2) is 14.1. The van der Waals surface area contributed by atoms with Crippen LogP contribution in [0.1, 0.15) is 48.0 Å². The molecule has 3 rings (SSSR count). The van der Waals surface area contributed by atoms with Gasteiger partial charge >= 0.3 is 5.97 Å². The van der Waals surface area contributed by atoms with E-state index >= 15 is 0 Å². The zero-order chi connectivity index (χ0) is 25.8. The Morgan fingerprint density at radius 1 is 1.22 bits per heavy atom. The number of hydrogen-bond acceptors (Lipinski definition) is 8. The molecule has 1 saturated heterocycles. The Kier molecular flexibility index (Phi) is 10.6. The normalized spacial score (nSPS) is 20.4. The quantitative estimate of drug-likeness (QED) is 0.297. The molecule has 1 amide bonds. The number of ether oxygens (including phenoxy) is 2. The summed E-state index contributed by atoms with van der Waals surface area (Å²) in [5, 5.41) is 20.4. The molecule has 9 nitrogen and oxygen atoms in total. The molecule has 0 aromatic heterocycles. The average Bonchev–Trinajstić information content (AvgIpc) is 2.86. The van der Waals surface area contributed by atoms with Crippen molar-refractivity contribution in [3.05, 3.63) is 65.9 Å². The molecule has 194 valence electrons. The third kappa shape index (κ3) is 8.28. The summed E-state index contributed by atoms with van der Waals surface area (Å²) in [4.78, 5) is 32.4. The number of amides is 1. The number of phenolic OH excluding ortho intramolecular Hbond substituents is 2. The van der Waals surface area contributed by atoms with Crippen LogP contribution >= 0.6 is 0 Å². The molecule has 1 fully saturated rings. The van der Waals surface area contributed by atoms with Gasteiger partial charge in [-0.05, 0) is 55.9 Å². The lowest BCUT2D eigenvalue weighted by atomic mass is 10.0. The molecule has 0 spiro atoms. The molecule has 1 aromatic carbocycles. The van der Waals surface area contributed by atoms with Gasteiger partial charge in [-0.15, -0.1) is 6.58 Å². The van der Waals surface area contributed by atoms with E-state index in [9.17, 15) is 19.8 Å². The lowest BCUT2D eigenvalue weighted by Crippen LogP contribution is -2.39. The Labute approximate surface area is 211 Å². The second-order valence-electron chi connectivity index (χ2n) is 8.51. The Hall–Kier alpha value is -3.56. The fraction of sp³-hybridized carbons (Fsp3) is 0.407. The number of cyclic esters (lactones) is 1. The number of carbonyl (C=O) groups excluding carboxylic acids is 2. The van der Waals surface area contributed by atoms with Crippen molar-refractivity contribution in [3.8, 4) is 11.5 Å². The molecular weight excluding hydrogens is 464 g/mol. The first-order chi connectivity index (χ1) is 17.5. The van der Waals surface area contributed by atoms with Crippen molar-refractivity contribution in [3.63, 3.8) is 0 Å². The number of hydrogen-bond donors (Lipinski definition) is 3. The molecule has 0 aliphatic carbocycles. The van der Waals surface area contributed by atoms with Crippen molar-refractivity contribution < 1.29 is 34.1 Å². The van der Waals surface area contributed by atoms with E-state index in [0.29, 0.717) is 25.1 Å². The van der Waals surface area contributed by atoms with Crippen molar-refractivity contribution in [2.45, 2.75) is 38.2 Å². The number of piperidine rings is 1. The van der Waals surface area contributed by atoms with E-state index in [1.54, 1.807) is 17.1 Å². The molecule has 3 N–H and O–H groups in total. The van der Waals surface area contributed by atoms with Gasteiger partial charge in [0.15, 0.2) is 6.61 Å².